The maximum atomic E-state index is 11.6. The molecule has 2 heterocycles. The van der Waals surface area contributed by atoms with Crippen molar-refractivity contribution in [3.05, 3.63) is 108 Å². The second-order valence-electron chi connectivity index (χ2n) is 7.84. The Kier molecular flexibility index (Phi) is 5.02. The van der Waals surface area contributed by atoms with E-state index < -0.39 is 5.60 Å². The first-order valence-corrected chi connectivity index (χ1v) is 10.4. The summed E-state index contributed by atoms with van der Waals surface area (Å²) < 4.78 is 0. The fourth-order valence-corrected chi connectivity index (χ4v) is 4.02. The fraction of sp³-hybridized carbons (Fsp3) is 0.115. The molecule has 5 rings (SSSR count). The van der Waals surface area contributed by atoms with Crippen molar-refractivity contribution < 1.29 is 5.11 Å². The Labute approximate surface area is 185 Å². The molecule has 0 fully saturated rings. The Morgan fingerprint density at radius 1 is 0.906 bits per heavy atom. The van der Waals surface area contributed by atoms with Gasteiger partial charge in [0.05, 0.1) is 12.5 Å². The summed E-state index contributed by atoms with van der Waals surface area (Å²) in [5.41, 5.74) is 2.79. The molecule has 0 aliphatic heterocycles. The highest BCUT2D eigenvalue weighted by Crippen LogP contribution is 2.35. The van der Waals surface area contributed by atoms with E-state index in [2.05, 4.69) is 26.2 Å². The quantitative estimate of drug-likeness (QED) is 0.371. The summed E-state index contributed by atoms with van der Waals surface area (Å²) in [6.07, 6.45) is 2.44. The number of aliphatic hydroxyl groups is 1. The zero-order chi connectivity index (χ0) is 22.0. The van der Waals surface area contributed by atoms with Crippen LogP contribution < -0.4 is 0 Å². The molecule has 0 saturated heterocycles. The number of fused-ring (bicyclic) bond motifs is 1. The summed E-state index contributed by atoms with van der Waals surface area (Å²) >= 11 is 0. The second kappa shape index (κ2) is 8.14. The highest BCUT2D eigenvalue weighted by atomic mass is 16.3. The number of nitrogens with zero attached hydrogens (tertiary/aromatic N) is 3. The molecule has 156 valence electrons. The smallest absolute Gasteiger partial charge is 0.161 e. The summed E-state index contributed by atoms with van der Waals surface area (Å²) in [6.45, 7) is 0. The Balaban J connectivity index is 1.50. The number of hydrogen-bond donors (Lipinski definition) is 3. The van der Waals surface area contributed by atoms with Crippen LogP contribution in [0.25, 0.3) is 22.3 Å². The fourth-order valence-electron chi connectivity index (χ4n) is 4.02. The van der Waals surface area contributed by atoms with Crippen LogP contribution in [-0.4, -0.2) is 25.3 Å². The number of benzene rings is 3. The molecule has 3 aromatic carbocycles. The molecule has 0 bridgehead atoms. The first kappa shape index (κ1) is 19.7. The Hall–Kier alpha value is -4.21. The van der Waals surface area contributed by atoms with Gasteiger partial charge in [-0.3, -0.25) is 0 Å². The molecule has 6 nitrogen and oxygen atoms in total. The van der Waals surface area contributed by atoms with E-state index in [0.29, 0.717) is 23.4 Å². The van der Waals surface area contributed by atoms with Gasteiger partial charge in [0.15, 0.2) is 5.82 Å². The molecular weight excluding hydrogens is 398 g/mol. The molecule has 0 radical (unpaired) electrons. The van der Waals surface area contributed by atoms with Crippen molar-refractivity contribution in [3.8, 4) is 17.5 Å². The van der Waals surface area contributed by atoms with Crippen LogP contribution in [0.4, 0.5) is 0 Å². The van der Waals surface area contributed by atoms with E-state index in [4.69, 9.17) is 0 Å². The van der Waals surface area contributed by atoms with Crippen molar-refractivity contribution in [1.82, 2.24) is 20.2 Å². The minimum Gasteiger partial charge on any atom is -0.379 e. The molecule has 1 unspecified atom stereocenters. The Morgan fingerprint density at radius 2 is 1.75 bits per heavy atom. The van der Waals surface area contributed by atoms with Crippen LogP contribution in [0.3, 0.4) is 0 Å². The highest BCUT2D eigenvalue weighted by molar-refractivity contribution is 5.80. The third-order valence-electron chi connectivity index (χ3n) is 5.73. The lowest BCUT2D eigenvalue weighted by atomic mass is 9.83. The van der Waals surface area contributed by atoms with Crippen LogP contribution >= 0.6 is 0 Å². The SMILES string of the molecule is N#CCC(O)(c1cccc(-c2nnc(Cc3ccccc3)[nH]2)c1)c1ccc2[nH]ccc2c1. The predicted molar refractivity (Wildman–Crippen MR) is 123 cm³/mol. The number of aromatic amines is 2. The molecule has 5 aromatic rings. The number of rotatable bonds is 6. The second-order valence-corrected chi connectivity index (χ2v) is 7.84. The van der Waals surface area contributed by atoms with Crippen molar-refractivity contribution in [2.24, 2.45) is 0 Å². The van der Waals surface area contributed by atoms with Crippen LogP contribution in [0.1, 0.15) is 28.9 Å². The van der Waals surface area contributed by atoms with Crippen molar-refractivity contribution in [1.29, 1.82) is 5.26 Å². The molecule has 32 heavy (non-hydrogen) atoms. The Morgan fingerprint density at radius 3 is 2.59 bits per heavy atom. The molecule has 6 heteroatoms. The van der Waals surface area contributed by atoms with Gasteiger partial charge in [0.2, 0.25) is 0 Å². The average Bonchev–Trinajstić information content (AvgIpc) is 3.49. The zero-order valence-corrected chi connectivity index (χ0v) is 17.3. The van der Waals surface area contributed by atoms with Crippen LogP contribution in [0.15, 0.2) is 85.1 Å². The van der Waals surface area contributed by atoms with Crippen LogP contribution in [-0.2, 0) is 12.0 Å². The normalized spacial score (nSPS) is 13.0. The molecule has 0 amide bonds. The van der Waals surface area contributed by atoms with Crippen molar-refractivity contribution in [2.45, 2.75) is 18.4 Å². The van der Waals surface area contributed by atoms with Crippen molar-refractivity contribution >= 4 is 10.9 Å². The summed E-state index contributed by atoms with van der Waals surface area (Å²) in [5.74, 6) is 1.39. The van der Waals surface area contributed by atoms with Gasteiger partial charge in [0.25, 0.3) is 0 Å². The number of hydrogen-bond acceptors (Lipinski definition) is 4. The lowest BCUT2D eigenvalue weighted by molar-refractivity contribution is 0.0862. The number of nitrogens with one attached hydrogen (secondary N) is 2. The van der Waals surface area contributed by atoms with Crippen LogP contribution in [0, 0.1) is 11.3 Å². The van der Waals surface area contributed by atoms with Crippen molar-refractivity contribution in [2.75, 3.05) is 0 Å². The van der Waals surface area contributed by atoms with Gasteiger partial charge in [-0.25, -0.2) is 0 Å². The molecule has 0 aliphatic rings. The first-order chi connectivity index (χ1) is 15.7. The van der Waals surface area contributed by atoms with Gasteiger partial charge in [-0.1, -0.05) is 54.6 Å². The van der Waals surface area contributed by atoms with Gasteiger partial charge in [-0.15, -0.1) is 10.2 Å². The molecule has 3 N–H and O–H groups in total. The lowest BCUT2D eigenvalue weighted by Gasteiger charge is -2.27. The van der Waals surface area contributed by atoms with E-state index >= 15 is 0 Å². The maximum Gasteiger partial charge on any atom is 0.161 e. The topological polar surface area (TPSA) is 101 Å². The predicted octanol–water partition coefficient (Wildman–Crippen LogP) is 4.69. The van der Waals surface area contributed by atoms with Crippen LogP contribution in [0.2, 0.25) is 0 Å². The molecular formula is C26H21N5O. The minimum absolute atomic E-state index is 0.0674. The molecule has 0 spiro atoms. The van der Waals surface area contributed by atoms with E-state index in [-0.39, 0.29) is 6.42 Å². The number of aromatic nitrogens is 4. The largest absolute Gasteiger partial charge is 0.379 e. The zero-order valence-electron chi connectivity index (χ0n) is 17.3. The maximum absolute atomic E-state index is 11.6. The highest BCUT2D eigenvalue weighted by Gasteiger charge is 2.32. The summed E-state index contributed by atoms with van der Waals surface area (Å²) in [4.78, 5) is 6.43. The first-order valence-electron chi connectivity index (χ1n) is 10.4. The van der Waals surface area contributed by atoms with E-state index in [1.807, 2.05) is 85.1 Å². The molecule has 2 aromatic heterocycles. The van der Waals surface area contributed by atoms with Crippen LogP contribution in [0.5, 0.6) is 0 Å². The van der Waals surface area contributed by atoms with E-state index in [1.54, 1.807) is 0 Å². The van der Waals surface area contributed by atoms with Gasteiger partial charge < -0.3 is 15.1 Å². The Bertz CT molecular complexity index is 1410. The van der Waals surface area contributed by atoms with Gasteiger partial charge in [0.1, 0.15) is 11.4 Å². The average molecular weight is 419 g/mol. The van der Waals surface area contributed by atoms with Gasteiger partial charge in [-0.05, 0) is 46.3 Å². The molecule has 0 saturated carbocycles. The number of H-pyrrole nitrogens is 2. The third-order valence-corrected chi connectivity index (χ3v) is 5.73. The molecule has 0 aliphatic carbocycles. The standard InChI is InChI=1S/C26H21N5O/c27-13-12-26(32,22-9-10-23-19(16-22)11-14-28-23)21-8-4-7-20(17-21)25-29-24(30-31-25)15-18-5-2-1-3-6-18/h1-11,14,16-17,28,32H,12,15H2,(H,29,30,31). The van der Waals surface area contributed by atoms with E-state index in [1.165, 1.54) is 0 Å². The van der Waals surface area contributed by atoms with E-state index in [9.17, 15) is 10.4 Å². The van der Waals surface area contributed by atoms with E-state index in [0.717, 1.165) is 27.9 Å². The third kappa shape index (κ3) is 3.66. The summed E-state index contributed by atoms with van der Waals surface area (Å²) in [7, 11) is 0. The monoisotopic (exact) mass is 419 g/mol. The van der Waals surface area contributed by atoms with Gasteiger partial charge in [-0.2, -0.15) is 5.26 Å². The number of nitriles is 1. The minimum atomic E-state index is -1.44. The van der Waals surface area contributed by atoms with Gasteiger partial charge in [0, 0.05) is 23.7 Å². The summed E-state index contributed by atoms with van der Waals surface area (Å²) in [5, 5.41) is 30.7. The molecule has 1 atom stereocenters. The lowest BCUT2D eigenvalue weighted by Crippen LogP contribution is -2.26. The van der Waals surface area contributed by atoms with Gasteiger partial charge >= 0.3 is 0 Å². The summed E-state index contributed by atoms with van der Waals surface area (Å²) in [6, 6.07) is 27.3. The van der Waals surface area contributed by atoms with Crippen molar-refractivity contribution in [3.63, 3.8) is 0 Å².